The number of amides is 1. The summed E-state index contributed by atoms with van der Waals surface area (Å²) in [5, 5.41) is 3.70. The van der Waals surface area contributed by atoms with Crippen molar-refractivity contribution in [3.63, 3.8) is 0 Å². The van der Waals surface area contributed by atoms with Gasteiger partial charge >= 0.3 is 0 Å². The Morgan fingerprint density at radius 2 is 1.82 bits per heavy atom. The molecule has 1 fully saturated rings. The molecular formula is C21H27ClN3O3+. The minimum atomic E-state index is -0.00499. The van der Waals surface area contributed by atoms with Gasteiger partial charge in [-0.1, -0.05) is 17.7 Å². The third-order valence-corrected chi connectivity index (χ3v) is 5.30. The molecule has 0 atom stereocenters. The molecule has 150 valence electrons. The molecule has 1 aliphatic rings. The van der Waals surface area contributed by atoms with Crippen LogP contribution < -0.4 is 24.6 Å². The number of anilines is 2. The highest BCUT2D eigenvalue weighted by atomic mass is 35.5. The predicted octanol–water partition coefficient (Wildman–Crippen LogP) is 2.01. The van der Waals surface area contributed by atoms with Gasteiger partial charge in [0.05, 0.1) is 40.4 Å². The first-order valence-electron chi connectivity index (χ1n) is 9.36. The average molecular weight is 405 g/mol. The van der Waals surface area contributed by atoms with Crippen molar-refractivity contribution >= 4 is 28.9 Å². The molecule has 0 aliphatic carbocycles. The second kappa shape index (κ2) is 9.17. The molecule has 2 aromatic carbocycles. The number of methoxy groups -OCH3 is 2. The SMILES string of the molecule is COc1ccc(NC(=O)C[NH+]2CCN(c3cc(Cl)ccc3C)CC2)cc1OC. The fraction of sp³-hybridized carbons (Fsp3) is 0.381. The average Bonchev–Trinajstić information content (AvgIpc) is 2.70. The number of carbonyl (C=O) groups is 1. The van der Waals surface area contributed by atoms with Crippen LogP contribution in [0.15, 0.2) is 36.4 Å². The third kappa shape index (κ3) is 4.88. The van der Waals surface area contributed by atoms with Crippen LogP contribution in [-0.2, 0) is 4.79 Å². The van der Waals surface area contributed by atoms with Crippen molar-refractivity contribution in [1.29, 1.82) is 0 Å². The molecule has 3 rings (SSSR count). The molecule has 0 radical (unpaired) electrons. The van der Waals surface area contributed by atoms with Crippen molar-refractivity contribution in [1.82, 2.24) is 0 Å². The van der Waals surface area contributed by atoms with E-state index in [1.165, 1.54) is 16.2 Å². The van der Waals surface area contributed by atoms with Gasteiger partial charge in [-0.15, -0.1) is 0 Å². The summed E-state index contributed by atoms with van der Waals surface area (Å²) < 4.78 is 10.5. The van der Waals surface area contributed by atoms with Gasteiger partial charge in [0.1, 0.15) is 0 Å². The lowest BCUT2D eigenvalue weighted by Gasteiger charge is -2.34. The van der Waals surface area contributed by atoms with E-state index in [0.29, 0.717) is 23.7 Å². The Labute approximate surface area is 171 Å². The van der Waals surface area contributed by atoms with Crippen LogP contribution in [0, 0.1) is 6.92 Å². The van der Waals surface area contributed by atoms with Crippen LogP contribution >= 0.6 is 11.6 Å². The van der Waals surface area contributed by atoms with Gasteiger partial charge in [0.2, 0.25) is 0 Å². The number of ether oxygens (including phenoxy) is 2. The number of hydrogen-bond acceptors (Lipinski definition) is 4. The van der Waals surface area contributed by atoms with Crippen LogP contribution in [0.3, 0.4) is 0 Å². The fourth-order valence-electron chi connectivity index (χ4n) is 3.51. The van der Waals surface area contributed by atoms with Crippen LogP contribution in [-0.4, -0.2) is 52.9 Å². The number of aryl methyl sites for hydroxylation is 1. The molecule has 1 aliphatic heterocycles. The van der Waals surface area contributed by atoms with E-state index in [-0.39, 0.29) is 5.91 Å². The molecule has 0 bridgehead atoms. The summed E-state index contributed by atoms with van der Waals surface area (Å²) in [6.45, 7) is 6.16. The minimum absolute atomic E-state index is 0.00499. The summed E-state index contributed by atoms with van der Waals surface area (Å²) in [5.74, 6) is 1.23. The van der Waals surface area contributed by atoms with Gasteiger partial charge in [-0.2, -0.15) is 0 Å². The maximum absolute atomic E-state index is 12.4. The predicted molar refractivity (Wildman–Crippen MR) is 112 cm³/mol. The zero-order chi connectivity index (χ0) is 20.1. The van der Waals surface area contributed by atoms with Crippen LogP contribution in [0.25, 0.3) is 0 Å². The van der Waals surface area contributed by atoms with E-state index in [1.54, 1.807) is 26.4 Å². The van der Waals surface area contributed by atoms with E-state index in [9.17, 15) is 4.79 Å². The maximum atomic E-state index is 12.4. The Kier molecular flexibility index (Phi) is 6.65. The van der Waals surface area contributed by atoms with E-state index < -0.39 is 0 Å². The number of hydrogen-bond donors (Lipinski definition) is 2. The molecule has 0 saturated carbocycles. The number of quaternary nitrogens is 1. The summed E-state index contributed by atoms with van der Waals surface area (Å²) in [7, 11) is 3.17. The number of piperazine rings is 1. The quantitative estimate of drug-likeness (QED) is 0.773. The van der Waals surface area contributed by atoms with Gasteiger partial charge in [-0.25, -0.2) is 0 Å². The molecule has 28 heavy (non-hydrogen) atoms. The van der Waals surface area contributed by atoms with E-state index in [2.05, 4.69) is 17.1 Å². The molecule has 2 N–H and O–H groups in total. The van der Waals surface area contributed by atoms with Crippen LogP contribution in [0.5, 0.6) is 11.5 Å². The number of nitrogens with zero attached hydrogens (tertiary/aromatic N) is 1. The van der Waals surface area contributed by atoms with E-state index in [4.69, 9.17) is 21.1 Å². The smallest absolute Gasteiger partial charge is 0.279 e. The topological polar surface area (TPSA) is 55.2 Å². The first-order chi connectivity index (χ1) is 13.5. The number of rotatable bonds is 6. The second-order valence-corrected chi connectivity index (χ2v) is 7.40. The van der Waals surface area contributed by atoms with Gasteiger partial charge in [0.25, 0.3) is 5.91 Å². The second-order valence-electron chi connectivity index (χ2n) is 6.96. The van der Waals surface area contributed by atoms with E-state index in [0.717, 1.165) is 31.2 Å². The summed E-state index contributed by atoms with van der Waals surface area (Å²) >= 11 is 6.15. The lowest BCUT2D eigenvalue weighted by atomic mass is 10.1. The Morgan fingerprint density at radius 3 is 2.50 bits per heavy atom. The van der Waals surface area contributed by atoms with Crippen molar-refractivity contribution in [2.45, 2.75) is 6.92 Å². The number of carbonyl (C=O) groups excluding carboxylic acids is 1. The highest BCUT2D eigenvalue weighted by Crippen LogP contribution is 2.29. The van der Waals surface area contributed by atoms with Crippen molar-refractivity contribution < 1.29 is 19.2 Å². The summed E-state index contributed by atoms with van der Waals surface area (Å²) in [4.78, 5) is 16.1. The first kappa shape index (κ1) is 20.3. The molecule has 0 unspecified atom stereocenters. The minimum Gasteiger partial charge on any atom is -0.493 e. The molecule has 2 aromatic rings. The lowest BCUT2D eigenvalue weighted by Crippen LogP contribution is -3.15. The standard InChI is InChI=1S/C21H26ClN3O3/c1-15-4-5-16(22)12-18(15)25-10-8-24(9-11-25)14-21(26)23-17-6-7-19(27-2)20(13-17)28-3/h4-7,12-13H,8-11,14H2,1-3H3,(H,23,26)/p+1. The van der Waals surface area contributed by atoms with Crippen molar-refractivity contribution in [3.8, 4) is 11.5 Å². The van der Waals surface area contributed by atoms with Gasteiger partial charge in [0, 0.05) is 22.5 Å². The van der Waals surface area contributed by atoms with Crippen LogP contribution in [0.2, 0.25) is 5.02 Å². The summed E-state index contributed by atoms with van der Waals surface area (Å²) in [6.07, 6.45) is 0. The molecule has 1 heterocycles. The number of nitrogens with one attached hydrogen (secondary N) is 2. The van der Waals surface area contributed by atoms with Crippen molar-refractivity contribution in [2.75, 3.05) is 57.2 Å². The van der Waals surface area contributed by atoms with E-state index in [1.807, 2.05) is 24.3 Å². The third-order valence-electron chi connectivity index (χ3n) is 5.06. The fourth-order valence-corrected chi connectivity index (χ4v) is 3.68. The first-order valence-corrected chi connectivity index (χ1v) is 9.74. The molecule has 1 saturated heterocycles. The van der Waals surface area contributed by atoms with E-state index >= 15 is 0 Å². The largest absolute Gasteiger partial charge is 0.493 e. The molecule has 0 aromatic heterocycles. The summed E-state index contributed by atoms with van der Waals surface area (Å²) in [6, 6.07) is 11.4. The normalized spacial score (nSPS) is 14.6. The molecule has 1 amide bonds. The van der Waals surface area contributed by atoms with Gasteiger partial charge in [-0.3, -0.25) is 4.79 Å². The van der Waals surface area contributed by atoms with Crippen molar-refractivity contribution in [2.24, 2.45) is 0 Å². The molecule has 0 spiro atoms. The summed E-state index contributed by atoms with van der Waals surface area (Å²) in [5.41, 5.74) is 3.11. The molecule has 7 heteroatoms. The Hall–Kier alpha value is -2.44. The lowest BCUT2D eigenvalue weighted by molar-refractivity contribution is -0.892. The molecule has 6 nitrogen and oxygen atoms in total. The maximum Gasteiger partial charge on any atom is 0.279 e. The number of benzene rings is 2. The Morgan fingerprint density at radius 1 is 1.11 bits per heavy atom. The monoisotopic (exact) mass is 404 g/mol. The van der Waals surface area contributed by atoms with Gasteiger partial charge in [-0.05, 0) is 36.8 Å². The van der Waals surface area contributed by atoms with Crippen molar-refractivity contribution in [3.05, 3.63) is 47.0 Å². The zero-order valence-electron chi connectivity index (χ0n) is 16.5. The number of halogens is 1. The van der Waals surface area contributed by atoms with Crippen LogP contribution in [0.1, 0.15) is 5.56 Å². The highest BCUT2D eigenvalue weighted by Gasteiger charge is 2.23. The van der Waals surface area contributed by atoms with Crippen LogP contribution in [0.4, 0.5) is 11.4 Å². The molecular weight excluding hydrogens is 378 g/mol. The Bertz CT molecular complexity index is 836. The Balaban J connectivity index is 1.53. The van der Waals surface area contributed by atoms with Gasteiger partial charge < -0.3 is 24.6 Å². The zero-order valence-corrected chi connectivity index (χ0v) is 17.3. The highest BCUT2D eigenvalue weighted by molar-refractivity contribution is 6.30. The van der Waals surface area contributed by atoms with Gasteiger partial charge in [0.15, 0.2) is 18.0 Å².